The van der Waals surface area contributed by atoms with Crippen molar-refractivity contribution in [3.05, 3.63) is 34.5 Å². The maximum absolute atomic E-state index is 6.17. The lowest BCUT2D eigenvalue weighted by Crippen LogP contribution is -2.13. The van der Waals surface area contributed by atoms with Gasteiger partial charge in [-0.15, -0.1) is 0 Å². The van der Waals surface area contributed by atoms with Crippen molar-refractivity contribution in [2.75, 3.05) is 5.33 Å². The zero-order valence-electron chi connectivity index (χ0n) is 9.34. The largest absolute Gasteiger partial charge is 0.488 e. The maximum atomic E-state index is 6.17. The van der Waals surface area contributed by atoms with Crippen LogP contribution in [0.25, 0.3) is 10.9 Å². The van der Waals surface area contributed by atoms with Crippen LogP contribution in [0.3, 0.4) is 0 Å². The summed E-state index contributed by atoms with van der Waals surface area (Å²) < 4.78 is 5.96. The summed E-state index contributed by atoms with van der Waals surface area (Å²) in [5.41, 5.74) is 3.06. The Kier molecular flexibility index (Phi) is 2.75. The summed E-state index contributed by atoms with van der Waals surface area (Å²) in [4.78, 5) is 4.59. The highest BCUT2D eigenvalue weighted by Gasteiger charge is 2.26. The second-order valence-corrected chi connectivity index (χ2v) is 5.29. The van der Waals surface area contributed by atoms with E-state index in [-0.39, 0.29) is 6.10 Å². The number of benzene rings is 1. The van der Waals surface area contributed by atoms with Gasteiger partial charge in [-0.3, -0.25) is 4.98 Å². The number of pyridine rings is 1. The fraction of sp³-hybridized carbons (Fsp3) is 0.308. The number of nitrogens with zero attached hydrogens (tertiary/aromatic N) is 1. The maximum Gasteiger partial charge on any atom is 0.134 e. The van der Waals surface area contributed by atoms with Crippen LogP contribution in [-0.2, 0) is 6.42 Å². The lowest BCUT2D eigenvalue weighted by atomic mass is 10.1. The van der Waals surface area contributed by atoms with Gasteiger partial charge in [0.15, 0.2) is 0 Å². The van der Waals surface area contributed by atoms with E-state index in [1.54, 1.807) is 0 Å². The number of para-hydroxylation sites is 1. The van der Waals surface area contributed by atoms with Gasteiger partial charge in [0.25, 0.3) is 0 Å². The molecule has 0 saturated heterocycles. The molecule has 4 heteroatoms. The Hall–Kier alpha value is -0.800. The highest BCUT2D eigenvalue weighted by atomic mass is 79.9. The van der Waals surface area contributed by atoms with Gasteiger partial charge in [0, 0.05) is 28.4 Å². The van der Waals surface area contributed by atoms with E-state index in [0.29, 0.717) is 5.02 Å². The quantitative estimate of drug-likeness (QED) is 0.745. The molecule has 3 rings (SSSR count). The average Bonchev–Trinajstić information content (AvgIpc) is 2.76. The first-order chi connectivity index (χ1) is 8.20. The molecule has 1 aromatic carbocycles. The summed E-state index contributed by atoms with van der Waals surface area (Å²) in [5.74, 6) is 0.958. The van der Waals surface area contributed by atoms with E-state index in [0.717, 1.165) is 34.1 Å². The second kappa shape index (κ2) is 4.14. The molecule has 0 radical (unpaired) electrons. The van der Waals surface area contributed by atoms with Crippen LogP contribution in [-0.4, -0.2) is 16.4 Å². The molecule has 1 aliphatic rings. The van der Waals surface area contributed by atoms with Gasteiger partial charge in [-0.05, 0) is 19.1 Å². The number of aryl methyl sites for hydroxylation is 1. The lowest BCUT2D eigenvalue weighted by molar-refractivity contribution is 0.263. The SMILES string of the molecule is Cc1nc2c(Cl)cccc2c2c1C[C@@H](CBr)O2. The number of hydrogen-bond acceptors (Lipinski definition) is 2. The summed E-state index contributed by atoms with van der Waals surface area (Å²) in [5, 5.41) is 2.53. The van der Waals surface area contributed by atoms with Gasteiger partial charge in [0.1, 0.15) is 11.9 Å². The molecule has 0 aliphatic carbocycles. The fourth-order valence-corrected chi connectivity index (χ4v) is 2.85. The monoisotopic (exact) mass is 311 g/mol. The minimum atomic E-state index is 0.204. The van der Waals surface area contributed by atoms with E-state index < -0.39 is 0 Å². The average molecular weight is 313 g/mol. The first-order valence-corrected chi connectivity index (χ1v) is 7.01. The fourth-order valence-electron chi connectivity index (χ4n) is 2.27. The third-order valence-electron chi connectivity index (χ3n) is 3.11. The minimum Gasteiger partial charge on any atom is -0.488 e. The number of rotatable bonds is 1. The van der Waals surface area contributed by atoms with Crippen molar-refractivity contribution < 1.29 is 4.74 Å². The van der Waals surface area contributed by atoms with Crippen molar-refractivity contribution in [3.63, 3.8) is 0 Å². The molecule has 0 bridgehead atoms. The van der Waals surface area contributed by atoms with Crippen molar-refractivity contribution in [1.29, 1.82) is 0 Å². The highest BCUT2D eigenvalue weighted by Crippen LogP contribution is 2.39. The first-order valence-electron chi connectivity index (χ1n) is 5.51. The minimum absolute atomic E-state index is 0.204. The van der Waals surface area contributed by atoms with Gasteiger partial charge in [0.2, 0.25) is 0 Å². The molecule has 0 saturated carbocycles. The third kappa shape index (κ3) is 1.72. The van der Waals surface area contributed by atoms with Crippen molar-refractivity contribution in [1.82, 2.24) is 4.98 Å². The molecular formula is C13H11BrClNO. The van der Waals surface area contributed by atoms with E-state index in [1.165, 1.54) is 5.56 Å². The Morgan fingerprint density at radius 3 is 3.12 bits per heavy atom. The molecule has 2 aromatic rings. The molecule has 88 valence electrons. The Morgan fingerprint density at radius 1 is 1.53 bits per heavy atom. The molecule has 0 fully saturated rings. The van der Waals surface area contributed by atoms with Gasteiger partial charge in [-0.2, -0.15) is 0 Å². The number of ether oxygens (including phenoxy) is 1. The van der Waals surface area contributed by atoms with E-state index in [4.69, 9.17) is 16.3 Å². The topological polar surface area (TPSA) is 22.1 Å². The van der Waals surface area contributed by atoms with Crippen LogP contribution in [0.1, 0.15) is 11.3 Å². The Bertz CT molecular complexity index is 599. The molecule has 0 N–H and O–H groups in total. The Morgan fingerprint density at radius 2 is 2.35 bits per heavy atom. The Balaban J connectivity index is 2.30. The third-order valence-corrected chi connectivity index (χ3v) is 4.14. The molecular weight excluding hydrogens is 302 g/mol. The van der Waals surface area contributed by atoms with Gasteiger partial charge in [-0.1, -0.05) is 33.6 Å². The predicted molar refractivity (Wildman–Crippen MR) is 73.4 cm³/mol. The molecule has 0 spiro atoms. The number of hydrogen-bond donors (Lipinski definition) is 0. The van der Waals surface area contributed by atoms with Crippen LogP contribution < -0.4 is 4.74 Å². The van der Waals surface area contributed by atoms with Crippen molar-refractivity contribution >= 4 is 38.4 Å². The standard InChI is InChI=1S/C13H11BrClNO/c1-7-10-5-8(6-14)17-13(10)9-3-2-4-11(15)12(9)16-7/h2-4,8H,5-6H2,1H3/t8-/m0/s1. The molecule has 0 amide bonds. The van der Waals surface area contributed by atoms with Gasteiger partial charge < -0.3 is 4.74 Å². The normalized spacial score (nSPS) is 18.2. The van der Waals surface area contributed by atoms with Gasteiger partial charge >= 0.3 is 0 Å². The number of alkyl halides is 1. The van der Waals surface area contributed by atoms with Gasteiger partial charge in [0.05, 0.1) is 10.5 Å². The number of halogens is 2. The molecule has 1 aromatic heterocycles. The Labute approximate surface area is 113 Å². The smallest absolute Gasteiger partial charge is 0.134 e. The second-order valence-electron chi connectivity index (χ2n) is 4.24. The van der Waals surface area contributed by atoms with Crippen LogP contribution in [0.15, 0.2) is 18.2 Å². The summed E-state index contributed by atoms with van der Waals surface area (Å²) in [6, 6.07) is 5.82. The van der Waals surface area contributed by atoms with Crippen molar-refractivity contribution in [2.45, 2.75) is 19.4 Å². The van der Waals surface area contributed by atoms with Gasteiger partial charge in [-0.25, -0.2) is 0 Å². The van der Waals surface area contributed by atoms with Crippen LogP contribution in [0.5, 0.6) is 5.75 Å². The van der Waals surface area contributed by atoms with Crippen LogP contribution in [0, 0.1) is 6.92 Å². The lowest BCUT2D eigenvalue weighted by Gasteiger charge is -2.09. The zero-order valence-corrected chi connectivity index (χ0v) is 11.7. The molecule has 1 aliphatic heterocycles. The molecule has 2 heterocycles. The number of aromatic nitrogens is 1. The van der Waals surface area contributed by atoms with Crippen LogP contribution in [0.4, 0.5) is 0 Å². The number of fused-ring (bicyclic) bond motifs is 3. The summed E-state index contributed by atoms with van der Waals surface area (Å²) in [7, 11) is 0. The molecule has 1 atom stereocenters. The molecule has 2 nitrogen and oxygen atoms in total. The molecule has 0 unspecified atom stereocenters. The predicted octanol–water partition coefficient (Wildman–Crippen LogP) is 3.90. The first kappa shape index (κ1) is 11.3. The van der Waals surface area contributed by atoms with Crippen molar-refractivity contribution in [2.24, 2.45) is 0 Å². The van der Waals surface area contributed by atoms with E-state index in [2.05, 4.69) is 20.9 Å². The molecule has 17 heavy (non-hydrogen) atoms. The van der Waals surface area contributed by atoms with E-state index in [9.17, 15) is 0 Å². The summed E-state index contributed by atoms with van der Waals surface area (Å²) >= 11 is 9.64. The van der Waals surface area contributed by atoms with Crippen LogP contribution >= 0.6 is 27.5 Å². The zero-order chi connectivity index (χ0) is 12.0. The van der Waals surface area contributed by atoms with Crippen LogP contribution in [0.2, 0.25) is 5.02 Å². The highest BCUT2D eigenvalue weighted by molar-refractivity contribution is 9.09. The van der Waals surface area contributed by atoms with E-state index >= 15 is 0 Å². The van der Waals surface area contributed by atoms with E-state index in [1.807, 2.05) is 25.1 Å². The van der Waals surface area contributed by atoms with Crippen molar-refractivity contribution in [3.8, 4) is 5.75 Å². The summed E-state index contributed by atoms with van der Waals surface area (Å²) in [6.07, 6.45) is 1.12. The summed E-state index contributed by atoms with van der Waals surface area (Å²) in [6.45, 7) is 2.02.